The van der Waals surface area contributed by atoms with Crippen molar-refractivity contribution >= 4 is 45.7 Å². The Hall–Kier alpha value is -1.05. The van der Waals surface area contributed by atoms with Gasteiger partial charge in [0.2, 0.25) is 4.38 Å². The molecule has 6 atom stereocenters. The van der Waals surface area contributed by atoms with E-state index in [1.54, 1.807) is 6.08 Å². The Morgan fingerprint density at radius 2 is 2.00 bits per heavy atom. The van der Waals surface area contributed by atoms with Gasteiger partial charge in [-0.1, -0.05) is 31.2 Å². The number of carbonyl (C=O) groups excluding carboxylic acids is 3. The van der Waals surface area contributed by atoms with E-state index in [0.717, 1.165) is 43.0 Å². The van der Waals surface area contributed by atoms with Crippen molar-refractivity contribution in [3.8, 4) is 0 Å². The van der Waals surface area contributed by atoms with Gasteiger partial charge in [-0.15, -0.1) is 0 Å². The highest BCUT2D eigenvalue weighted by Gasteiger charge is 2.68. The average molecular weight is 451 g/mol. The summed E-state index contributed by atoms with van der Waals surface area (Å²) in [6.45, 7) is 4.09. The van der Waals surface area contributed by atoms with Gasteiger partial charge in [0.05, 0.1) is 12.9 Å². The molecule has 4 aliphatic carbocycles. The van der Waals surface area contributed by atoms with Crippen LogP contribution in [0.3, 0.4) is 0 Å². The summed E-state index contributed by atoms with van der Waals surface area (Å²) in [5, 5.41) is 11.6. The predicted molar refractivity (Wildman–Crippen MR) is 119 cm³/mol. The lowest BCUT2D eigenvalue weighted by Gasteiger charge is -2.57. The number of fused-ring (bicyclic) bond motifs is 5. The minimum atomic E-state index is -1.51. The van der Waals surface area contributed by atoms with E-state index >= 15 is 0 Å². The maximum atomic E-state index is 13.6. The molecule has 0 heterocycles. The number of hydrogen-bond acceptors (Lipinski definition) is 7. The first kappa shape index (κ1) is 22.2. The molecule has 0 bridgehead atoms. The van der Waals surface area contributed by atoms with Gasteiger partial charge < -0.3 is 9.84 Å². The van der Waals surface area contributed by atoms with Gasteiger partial charge in [0.25, 0.3) is 0 Å². The highest BCUT2D eigenvalue weighted by molar-refractivity contribution is 8.23. The third kappa shape index (κ3) is 3.06. The number of methoxy groups -OCH3 is 1. The number of allylic oxidation sites excluding steroid dienone is 1. The van der Waals surface area contributed by atoms with Gasteiger partial charge in [0.1, 0.15) is 11.4 Å². The second-order valence-corrected chi connectivity index (χ2v) is 11.5. The van der Waals surface area contributed by atoms with Crippen molar-refractivity contribution in [1.82, 2.24) is 0 Å². The first-order valence-electron chi connectivity index (χ1n) is 10.8. The number of ether oxygens (including phenoxy) is 1. The Morgan fingerprint density at radius 1 is 1.27 bits per heavy atom. The van der Waals surface area contributed by atoms with E-state index in [4.69, 9.17) is 17.0 Å². The zero-order chi connectivity index (χ0) is 21.9. The number of aliphatic hydroxyl groups is 1. The fourth-order valence-corrected chi connectivity index (χ4v) is 7.93. The highest BCUT2D eigenvalue weighted by atomic mass is 32.2. The Kier molecular flexibility index (Phi) is 5.55. The minimum absolute atomic E-state index is 0.0560. The fraction of sp³-hybridized carbons (Fsp3) is 0.739. The molecule has 7 heteroatoms. The number of carbonyl (C=O) groups is 3. The molecule has 30 heavy (non-hydrogen) atoms. The number of hydrogen-bond donors (Lipinski definition) is 1. The van der Waals surface area contributed by atoms with Crippen molar-refractivity contribution in [2.75, 3.05) is 12.9 Å². The van der Waals surface area contributed by atoms with E-state index < -0.39 is 11.0 Å². The average Bonchev–Trinajstić information content (AvgIpc) is 2.97. The number of Topliss-reactive ketones (excluding diaryl/α,β-unsaturated/α-hetero) is 2. The molecular weight excluding hydrogens is 420 g/mol. The van der Waals surface area contributed by atoms with Gasteiger partial charge in [-0.25, -0.2) is 0 Å². The van der Waals surface area contributed by atoms with Crippen molar-refractivity contribution in [2.24, 2.45) is 28.6 Å². The summed E-state index contributed by atoms with van der Waals surface area (Å²) in [5.74, 6) is 0.285. The molecule has 0 radical (unpaired) electrons. The predicted octanol–water partition coefficient (Wildman–Crippen LogP) is 3.66. The van der Waals surface area contributed by atoms with E-state index in [1.165, 1.54) is 7.11 Å². The lowest BCUT2D eigenvalue weighted by Crippen LogP contribution is -2.60. The summed E-state index contributed by atoms with van der Waals surface area (Å²) in [5.41, 5.74) is -1.39. The maximum Gasteiger partial charge on any atom is 0.220 e. The molecule has 0 aromatic rings. The van der Waals surface area contributed by atoms with Crippen LogP contribution < -0.4 is 0 Å². The zero-order valence-electron chi connectivity index (χ0n) is 17.9. The molecule has 4 rings (SSSR count). The van der Waals surface area contributed by atoms with Crippen molar-refractivity contribution in [3.05, 3.63) is 11.6 Å². The van der Waals surface area contributed by atoms with E-state index in [0.29, 0.717) is 12.8 Å². The minimum Gasteiger partial charge on any atom is -0.482 e. The molecule has 0 aromatic heterocycles. The molecule has 0 aromatic carbocycles. The largest absolute Gasteiger partial charge is 0.482 e. The third-order valence-electron chi connectivity index (χ3n) is 8.76. The zero-order valence-corrected chi connectivity index (χ0v) is 19.5. The van der Waals surface area contributed by atoms with Crippen LogP contribution in [0.25, 0.3) is 0 Å². The van der Waals surface area contributed by atoms with Crippen LogP contribution in [-0.4, -0.2) is 45.3 Å². The van der Waals surface area contributed by atoms with Crippen LogP contribution in [0.2, 0.25) is 0 Å². The molecule has 0 aliphatic heterocycles. The summed E-state index contributed by atoms with van der Waals surface area (Å²) in [4.78, 5) is 38.6. The highest BCUT2D eigenvalue weighted by Crippen LogP contribution is 2.66. The molecule has 0 saturated heterocycles. The molecule has 5 nitrogen and oxygen atoms in total. The van der Waals surface area contributed by atoms with Crippen LogP contribution in [-0.2, 0) is 19.1 Å². The van der Waals surface area contributed by atoms with Gasteiger partial charge in [-0.3, -0.25) is 14.4 Å². The number of thiocarbonyl (C=S) groups is 1. The molecule has 3 saturated carbocycles. The van der Waals surface area contributed by atoms with Crippen LogP contribution in [0.15, 0.2) is 11.6 Å². The van der Waals surface area contributed by atoms with Crippen LogP contribution in [0.1, 0.15) is 58.8 Å². The monoisotopic (exact) mass is 450 g/mol. The van der Waals surface area contributed by atoms with Crippen LogP contribution >= 0.6 is 24.0 Å². The number of rotatable bonds is 3. The maximum absolute atomic E-state index is 13.6. The van der Waals surface area contributed by atoms with Crippen molar-refractivity contribution in [3.63, 3.8) is 0 Å². The van der Waals surface area contributed by atoms with Gasteiger partial charge in [-0.05, 0) is 67.6 Å². The molecule has 0 spiro atoms. The van der Waals surface area contributed by atoms with E-state index in [1.807, 2.05) is 6.92 Å². The molecular formula is C23H30O5S2. The van der Waals surface area contributed by atoms with Gasteiger partial charge >= 0.3 is 0 Å². The molecule has 1 N–H and O–H groups in total. The standard InChI is InChI=1S/C23H30O5S2/c1-21-8-6-14(24)10-13(21)4-5-15-16-7-9-23(27,18(26)12-30-20(29)28-3)22(16,2)11-17(25)19(15)21/h10,15-16,19,27H,4-9,11-12H2,1-3H3/t15-,16+,19-,21-,22-,23-/m0/s1. The SMILES string of the molecule is COC(=S)SCC(=O)[C@@]1(O)CC[C@@H]2[C@@H]3CCC4=CC(=O)CC[C@]4(C)[C@@H]3C(=O)C[C@@]21C. The Morgan fingerprint density at radius 3 is 2.70 bits per heavy atom. The van der Waals surface area contributed by atoms with Crippen molar-refractivity contribution in [1.29, 1.82) is 0 Å². The first-order chi connectivity index (χ1) is 14.1. The summed E-state index contributed by atoms with van der Waals surface area (Å²) >= 11 is 6.14. The summed E-state index contributed by atoms with van der Waals surface area (Å²) in [7, 11) is 1.46. The molecule has 164 valence electrons. The van der Waals surface area contributed by atoms with Gasteiger partial charge in [0, 0.05) is 24.2 Å². The summed E-state index contributed by atoms with van der Waals surface area (Å²) in [6.07, 6.45) is 6.04. The Bertz CT molecular complexity index is 851. The quantitative estimate of drug-likeness (QED) is 0.657. The Labute approximate surface area is 187 Å². The second-order valence-electron chi connectivity index (χ2n) is 9.97. The summed E-state index contributed by atoms with van der Waals surface area (Å²) < 4.78 is 5.24. The number of thioether (sulfide) groups is 1. The third-order valence-corrected chi connectivity index (χ3v) is 10.1. The van der Waals surface area contributed by atoms with E-state index in [9.17, 15) is 19.5 Å². The lowest BCUT2D eigenvalue weighted by atomic mass is 9.46. The van der Waals surface area contributed by atoms with Gasteiger partial charge in [0.15, 0.2) is 11.6 Å². The first-order valence-corrected chi connectivity index (χ1v) is 12.2. The number of ketones is 3. The van der Waals surface area contributed by atoms with Crippen LogP contribution in [0, 0.1) is 28.6 Å². The second kappa shape index (κ2) is 7.52. The van der Waals surface area contributed by atoms with Crippen LogP contribution in [0.4, 0.5) is 0 Å². The molecule has 0 amide bonds. The molecule has 3 fully saturated rings. The van der Waals surface area contributed by atoms with E-state index in [-0.39, 0.29) is 57.1 Å². The van der Waals surface area contributed by atoms with Crippen molar-refractivity contribution < 1.29 is 24.2 Å². The Balaban J connectivity index is 1.63. The summed E-state index contributed by atoms with van der Waals surface area (Å²) in [6, 6.07) is 0. The van der Waals surface area contributed by atoms with Crippen LogP contribution in [0.5, 0.6) is 0 Å². The van der Waals surface area contributed by atoms with E-state index in [2.05, 4.69) is 6.92 Å². The fourth-order valence-electron chi connectivity index (χ4n) is 7.15. The smallest absolute Gasteiger partial charge is 0.220 e. The molecule has 4 aliphatic rings. The van der Waals surface area contributed by atoms with Crippen molar-refractivity contribution in [2.45, 2.75) is 64.4 Å². The van der Waals surface area contributed by atoms with Gasteiger partial charge in [-0.2, -0.15) is 0 Å². The lowest BCUT2D eigenvalue weighted by molar-refractivity contribution is -0.167. The normalized spacial score (nSPS) is 42.7. The topological polar surface area (TPSA) is 80.7 Å². The molecule has 0 unspecified atom stereocenters.